The van der Waals surface area contributed by atoms with E-state index in [1.165, 1.54) is 19.2 Å². The highest BCUT2D eigenvalue weighted by Gasteiger charge is 2.17. The second kappa shape index (κ2) is 7.92. The van der Waals surface area contributed by atoms with Gasteiger partial charge in [-0.05, 0) is 50.2 Å². The highest BCUT2D eigenvalue weighted by atomic mass is 32.2. The Hall–Kier alpha value is -2.41. The van der Waals surface area contributed by atoms with Crippen LogP contribution in [0.2, 0.25) is 0 Å². The molecule has 2 aromatic rings. The molecule has 0 bridgehead atoms. The van der Waals surface area contributed by atoms with Crippen molar-refractivity contribution in [2.24, 2.45) is 0 Å². The molecule has 0 aliphatic carbocycles. The van der Waals surface area contributed by atoms with Gasteiger partial charge in [0, 0.05) is 6.07 Å². The number of ether oxygens (including phenoxy) is 3. The van der Waals surface area contributed by atoms with Crippen molar-refractivity contribution in [2.75, 3.05) is 25.0 Å². The van der Waals surface area contributed by atoms with E-state index in [1.54, 1.807) is 30.3 Å². The first-order valence-corrected chi connectivity index (χ1v) is 9.05. The van der Waals surface area contributed by atoms with Gasteiger partial charge < -0.3 is 14.2 Å². The lowest BCUT2D eigenvalue weighted by Gasteiger charge is -2.14. The lowest BCUT2D eigenvalue weighted by atomic mass is 10.3. The van der Waals surface area contributed by atoms with Crippen LogP contribution in [0.1, 0.15) is 13.8 Å². The van der Waals surface area contributed by atoms with E-state index in [4.69, 9.17) is 14.2 Å². The summed E-state index contributed by atoms with van der Waals surface area (Å²) in [4.78, 5) is 0.132. The predicted octanol–water partition coefficient (Wildman–Crippen LogP) is 3.29. The largest absolute Gasteiger partial charge is 0.497 e. The van der Waals surface area contributed by atoms with Gasteiger partial charge in [0.25, 0.3) is 10.0 Å². The number of nitrogens with one attached hydrogen (secondary N) is 1. The number of hydrogen-bond acceptors (Lipinski definition) is 5. The van der Waals surface area contributed by atoms with Gasteiger partial charge in [0.2, 0.25) is 0 Å². The Labute approximate surface area is 142 Å². The van der Waals surface area contributed by atoms with Crippen LogP contribution >= 0.6 is 0 Å². The smallest absolute Gasteiger partial charge is 0.262 e. The summed E-state index contributed by atoms with van der Waals surface area (Å²) in [7, 11) is -2.23. The zero-order chi connectivity index (χ0) is 17.6. The van der Waals surface area contributed by atoms with Crippen LogP contribution in [0.15, 0.2) is 47.4 Å². The molecule has 0 fully saturated rings. The number of hydrogen-bond donors (Lipinski definition) is 1. The molecule has 130 valence electrons. The molecule has 0 aliphatic rings. The Morgan fingerprint density at radius 1 is 0.917 bits per heavy atom. The molecular weight excluding hydrogens is 330 g/mol. The Bertz CT molecular complexity index is 772. The second-order valence-corrected chi connectivity index (χ2v) is 6.49. The van der Waals surface area contributed by atoms with Crippen molar-refractivity contribution in [3.8, 4) is 17.2 Å². The summed E-state index contributed by atoms with van der Waals surface area (Å²) in [5, 5.41) is 0. The van der Waals surface area contributed by atoms with E-state index in [9.17, 15) is 8.42 Å². The normalized spacial score (nSPS) is 11.0. The predicted molar refractivity (Wildman–Crippen MR) is 92.6 cm³/mol. The summed E-state index contributed by atoms with van der Waals surface area (Å²) in [6, 6.07) is 11.2. The number of rotatable bonds is 8. The molecule has 0 radical (unpaired) electrons. The zero-order valence-electron chi connectivity index (χ0n) is 13.9. The third kappa shape index (κ3) is 4.32. The van der Waals surface area contributed by atoms with E-state index < -0.39 is 10.0 Å². The third-order valence-corrected chi connectivity index (χ3v) is 4.56. The van der Waals surface area contributed by atoms with Gasteiger partial charge in [-0.2, -0.15) is 0 Å². The molecular formula is C17H21NO5S. The highest BCUT2D eigenvalue weighted by molar-refractivity contribution is 7.92. The van der Waals surface area contributed by atoms with Crippen molar-refractivity contribution >= 4 is 15.7 Å². The van der Waals surface area contributed by atoms with Crippen molar-refractivity contribution in [3.63, 3.8) is 0 Å². The Morgan fingerprint density at radius 2 is 1.54 bits per heavy atom. The minimum absolute atomic E-state index is 0.132. The zero-order valence-corrected chi connectivity index (χ0v) is 14.7. The Morgan fingerprint density at radius 3 is 2.12 bits per heavy atom. The van der Waals surface area contributed by atoms with Crippen LogP contribution < -0.4 is 18.9 Å². The maximum Gasteiger partial charge on any atom is 0.262 e. The van der Waals surface area contributed by atoms with Gasteiger partial charge >= 0.3 is 0 Å². The van der Waals surface area contributed by atoms with E-state index >= 15 is 0 Å². The van der Waals surface area contributed by atoms with Crippen molar-refractivity contribution in [1.29, 1.82) is 0 Å². The molecule has 0 saturated carbocycles. The maximum absolute atomic E-state index is 12.6. The van der Waals surface area contributed by atoms with Gasteiger partial charge in [0.15, 0.2) is 0 Å². The lowest BCUT2D eigenvalue weighted by Crippen LogP contribution is -2.14. The molecule has 0 aromatic heterocycles. The molecule has 0 amide bonds. The van der Waals surface area contributed by atoms with E-state index in [-0.39, 0.29) is 4.90 Å². The summed E-state index contributed by atoms with van der Waals surface area (Å²) in [6.07, 6.45) is 0. The molecule has 0 atom stereocenters. The molecule has 2 aromatic carbocycles. The SMILES string of the molecule is CCOc1ccc(OCC)c(NS(=O)(=O)c2ccc(OC)cc2)c1. The summed E-state index contributed by atoms with van der Waals surface area (Å²) < 4.78 is 43.7. The van der Waals surface area contributed by atoms with E-state index in [2.05, 4.69) is 4.72 Å². The first-order valence-electron chi connectivity index (χ1n) is 7.56. The van der Waals surface area contributed by atoms with Crippen LogP contribution in [0.4, 0.5) is 5.69 Å². The molecule has 7 heteroatoms. The van der Waals surface area contributed by atoms with Crippen LogP contribution in [0, 0.1) is 0 Å². The van der Waals surface area contributed by atoms with Crippen molar-refractivity contribution in [1.82, 2.24) is 0 Å². The Balaban J connectivity index is 2.33. The van der Waals surface area contributed by atoms with Gasteiger partial charge in [0.05, 0.1) is 30.9 Å². The molecule has 2 rings (SSSR count). The molecule has 0 heterocycles. The Kier molecular flexibility index (Phi) is 5.92. The molecule has 6 nitrogen and oxygen atoms in total. The summed E-state index contributed by atoms with van der Waals surface area (Å²) in [5.74, 6) is 1.59. The van der Waals surface area contributed by atoms with Gasteiger partial charge in [0.1, 0.15) is 17.2 Å². The van der Waals surface area contributed by atoms with Gasteiger partial charge in [-0.25, -0.2) is 8.42 Å². The monoisotopic (exact) mass is 351 g/mol. The average molecular weight is 351 g/mol. The quantitative estimate of drug-likeness (QED) is 0.790. The molecule has 0 unspecified atom stereocenters. The molecule has 0 aliphatic heterocycles. The first-order chi connectivity index (χ1) is 11.5. The van der Waals surface area contributed by atoms with Crippen LogP contribution in [0.5, 0.6) is 17.2 Å². The molecule has 1 N–H and O–H groups in total. The third-order valence-electron chi connectivity index (χ3n) is 3.18. The van der Waals surface area contributed by atoms with Crippen LogP contribution in [0.25, 0.3) is 0 Å². The van der Waals surface area contributed by atoms with E-state index in [1.807, 2.05) is 13.8 Å². The number of sulfonamides is 1. The molecule has 0 saturated heterocycles. The fourth-order valence-corrected chi connectivity index (χ4v) is 3.15. The van der Waals surface area contributed by atoms with Gasteiger partial charge in [-0.3, -0.25) is 4.72 Å². The van der Waals surface area contributed by atoms with Gasteiger partial charge in [-0.1, -0.05) is 0 Å². The maximum atomic E-state index is 12.6. The van der Waals surface area contributed by atoms with Crippen LogP contribution in [-0.2, 0) is 10.0 Å². The minimum atomic E-state index is -3.75. The second-order valence-electron chi connectivity index (χ2n) is 4.81. The van der Waals surface area contributed by atoms with E-state index in [0.717, 1.165) is 0 Å². The number of methoxy groups -OCH3 is 1. The topological polar surface area (TPSA) is 73.9 Å². The van der Waals surface area contributed by atoms with Crippen LogP contribution in [0.3, 0.4) is 0 Å². The fraction of sp³-hybridized carbons (Fsp3) is 0.294. The van der Waals surface area contributed by atoms with Gasteiger partial charge in [-0.15, -0.1) is 0 Å². The lowest BCUT2D eigenvalue weighted by molar-refractivity contribution is 0.332. The first kappa shape index (κ1) is 17.9. The number of anilines is 1. The summed E-state index contributed by atoms with van der Waals surface area (Å²) in [5.41, 5.74) is 0.332. The summed E-state index contributed by atoms with van der Waals surface area (Å²) in [6.45, 7) is 4.60. The van der Waals surface area contributed by atoms with Crippen molar-refractivity contribution in [3.05, 3.63) is 42.5 Å². The van der Waals surface area contributed by atoms with Crippen molar-refractivity contribution in [2.45, 2.75) is 18.7 Å². The van der Waals surface area contributed by atoms with Crippen LogP contribution in [-0.4, -0.2) is 28.7 Å². The minimum Gasteiger partial charge on any atom is -0.497 e. The average Bonchev–Trinajstić information content (AvgIpc) is 2.57. The standard InChI is InChI=1S/C17H21NO5S/c1-4-22-14-8-11-17(23-5-2)16(12-14)18-24(19,20)15-9-6-13(21-3)7-10-15/h6-12,18H,4-5H2,1-3H3. The molecule has 0 spiro atoms. The van der Waals surface area contributed by atoms with Crippen molar-refractivity contribution < 1.29 is 22.6 Å². The van der Waals surface area contributed by atoms with E-state index in [0.29, 0.717) is 36.1 Å². The highest BCUT2D eigenvalue weighted by Crippen LogP contribution is 2.31. The fourth-order valence-electron chi connectivity index (χ4n) is 2.09. The summed E-state index contributed by atoms with van der Waals surface area (Å²) >= 11 is 0. The molecule has 24 heavy (non-hydrogen) atoms. The number of benzene rings is 2.